The molecule has 1 aromatic carbocycles. The van der Waals surface area contributed by atoms with Crippen LogP contribution in [-0.2, 0) is 4.79 Å². The van der Waals surface area contributed by atoms with Crippen LogP contribution in [-0.4, -0.2) is 10.3 Å². The fourth-order valence-electron chi connectivity index (χ4n) is 0.917. The normalized spacial score (nSPS) is 9.77. The number of hydrogen-bond donors (Lipinski definition) is 1. The third-order valence-electron chi connectivity index (χ3n) is 1.56. The molecule has 0 radical (unpaired) electrons. The zero-order valence-corrected chi connectivity index (χ0v) is 10.8. The topological polar surface area (TPSA) is 29.1 Å². The Morgan fingerprint density at radius 3 is 2.85 bits per heavy atom. The molecule has 0 fully saturated rings. The van der Waals surface area contributed by atoms with Crippen LogP contribution in [0.1, 0.15) is 5.56 Å². The van der Waals surface area contributed by atoms with Gasteiger partial charge in [0, 0.05) is 10.2 Å². The van der Waals surface area contributed by atoms with Crippen LogP contribution in [0.3, 0.4) is 0 Å². The fourth-order valence-corrected chi connectivity index (χ4v) is 1.35. The molecule has 13 heavy (non-hydrogen) atoms. The van der Waals surface area contributed by atoms with Crippen LogP contribution in [0.25, 0.3) is 0 Å². The van der Waals surface area contributed by atoms with Crippen LogP contribution in [0.4, 0.5) is 5.69 Å². The van der Waals surface area contributed by atoms with E-state index in [9.17, 15) is 4.79 Å². The molecular weight excluding hydrogens is 345 g/mol. The quantitative estimate of drug-likeness (QED) is 0.642. The Morgan fingerprint density at radius 1 is 1.62 bits per heavy atom. The minimum atomic E-state index is 0.0299. The average molecular weight is 354 g/mol. The summed E-state index contributed by atoms with van der Waals surface area (Å²) in [6, 6.07) is 5.74. The molecule has 0 saturated carbocycles. The van der Waals surface area contributed by atoms with Crippen molar-refractivity contribution in [1.29, 1.82) is 0 Å². The summed E-state index contributed by atoms with van der Waals surface area (Å²) in [4.78, 5) is 11.0. The Hall–Kier alpha value is -0.100. The van der Waals surface area contributed by atoms with E-state index in [1.54, 1.807) is 0 Å². The van der Waals surface area contributed by atoms with Crippen molar-refractivity contribution in [3.63, 3.8) is 0 Å². The molecule has 0 saturated heterocycles. The molecule has 0 bridgehead atoms. The van der Waals surface area contributed by atoms with Gasteiger partial charge in [-0.15, -0.1) is 0 Å². The Kier molecular flexibility index (Phi) is 4.18. The summed E-state index contributed by atoms with van der Waals surface area (Å²) in [5.74, 6) is 0.0299. The smallest absolute Gasteiger partial charge is 0.234 e. The van der Waals surface area contributed by atoms with E-state index in [1.807, 2.05) is 47.7 Å². The minimum absolute atomic E-state index is 0.0299. The zero-order chi connectivity index (χ0) is 9.84. The predicted octanol–water partition coefficient (Wildman–Crippen LogP) is 3.13. The lowest BCUT2D eigenvalue weighted by Gasteiger charge is -2.04. The van der Waals surface area contributed by atoms with E-state index in [0.29, 0.717) is 4.43 Å². The largest absolute Gasteiger partial charge is 0.325 e. The number of halogens is 2. The summed E-state index contributed by atoms with van der Waals surface area (Å²) >= 11 is 5.43. The van der Waals surface area contributed by atoms with Gasteiger partial charge < -0.3 is 5.32 Å². The highest BCUT2D eigenvalue weighted by Crippen LogP contribution is 2.19. The number of benzene rings is 1. The Labute approximate surface area is 99.4 Å². The maximum atomic E-state index is 11.0. The summed E-state index contributed by atoms with van der Waals surface area (Å²) in [6.45, 7) is 1.99. The first-order chi connectivity index (χ1) is 6.13. The number of alkyl halides is 1. The van der Waals surface area contributed by atoms with Gasteiger partial charge in [-0.25, -0.2) is 0 Å². The molecule has 1 rings (SSSR count). The summed E-state index contributed by atoms with van der Waals surface area (Å²) in [5, 5.41) is 2.79. The predicted molar refractivity (Wildman–Crippen MR) is 66.4 cm³/mol. The molecule has 70 valence electrons. The molecule has 0 atom stereocenters. The molecule has 0 aromatic heterocycles. The highest BCUT2D eigenvalue weighted by atomic mass is 127. The molecule has 0 spiro atoms. The summed E-state index contributed by atoms with van der Waals surface area (Å²) in [6.07, 6.45) is 0. The number of carbonyl (C=O) groups is 1. The minimum Gasteiger partial charge on any atom is -0.325 e. The highest BCUT2D eigenvalue weighted by Gasteiger charge is 2.00. The van der Waals surface area contributed by atoms with E-state index < -0.39 is 0 Å². The third-order valence-corrected chi connectivity index (χ3v) is 3.15. The number of aryl methyl sites for hydroxylation is 1. The zero-order valence-electron chi connectivity index (χ0n) is 7.10. The molecule has 0 aliphatic carbocycles. The van der Waals surface area contributed by atoms with Crippen molar-refractivity contribution in [2.24, 2.45) is 0 Å². The van der Waals surface area contributed by atoms with Gasteiger partial charge in [0.1, 0.15) is 0 Å². The fraction of sp³-hybridized carbons (Fsp3) is 0.222. The van der Waals surface area contributed by atoms with Crippen LogP contribution in [0.2, 0.25) is 0 Å². The second-order valence-corrected chi connectivity index (χ2v) is 4.26. The molecule has 2 nitrogen and oxygen atoms in total. The number of amides is 1. The first-order valence-corrected chi connectivity index (χ1v) is 6.07. The van der Waals surface area contributed by atoms with Crippen molar-refractivity contribution in [1.82, 2.24) is 0 Å². The van der Waals surface area contributed by atoms with Gasteiger partial charge in [-0.2, -0.15) is 0 Å². The van der Waals surface area contributed by atoms with Crippen molar-refractivity contribution >= 4 is 50.1 Å². The van der Waals surface area contributed by atoms with Crippen molar-refractivity contribution in [3.05, 3.63) is 28.2 Å². The van der Waals surface area contributed by atoms with Crippen LogP contribution < -0.4 is 5.32 Å². The lowest BCUT2D eigenvalue weighted by molar-refractivity contribution is -0.113. The molecule has 0 aliphatic rings. The van der Waals surface area contributed by atoms with Crippen molar-refractivity contribution in [2.75, 3.05) is 9.74 Å². The Morgan fingerprint density at radius 2 is 2.31 bits per heavy atom. The molecule has 1 amide bonds. The maximum absolute atomic E-state index is 11.0. The highest BCUT2D eigenvalue weighted by molar-refractivity contribution is 14.1. The summed E-state index contributed by atoms with van der Waals surface area (Å²) < 4.78 is 1.53. The van der Waals surface area contributed by atoms with Crippen LogP contribution >= 0.6 is 38.5 Å². The van der Waals surface area contributed by atoms with Crippen LogP contribution in [0, 0.1) is 6.92 Å². The number of rotatable bonds is 2. The van der Waals surface area contributed by atoms with Crippen LogP contribution in [0.15, 0.2) is 22.7 Å². The second kappa shape index (κ2) is 4.95. The molecule has 0 heterocycles. The van der Waals surface area contributed by atoms with Gasteiger partial charge >= 0.3 is 0 Å². The lowest BCUT2D eigenvalue weighted by atomic mass is 10.2. The van der Waals surface area contributed by atoms with Crippen molar-refractivity contribution in [3.8, 4) is 0 Å². The molecule has 0 aliphatic heterocycles. The number of carbonyl (C=O) groups excluding carboxylic acids is 1. The Balaban J connectivity index is 2.79. The molecule has 1 N–H and O–H groups in total. The second-order valence-electron chi connectivity index (χ2n) is 2.65. The summed E-state index contributed by atoms with van der Waals surface area (Å²) in [5.41, 5.74) is 1.97. The summed E-state index contributed by atoms with van der Waals surface area (Å²) in [7, 11) is 0. The standard InChI is InChI=1S/C9H9BrINO/c1-6-4-7(2-3-8(6)10)12-9(13)5-11/h2-4H,5H2,1H3,(H,12,13). The van der Waals surface area contributed by atoms with Gasteiger partial charge in [0.25, 0.3) is 0 Å². The first-order valence-electron chi connectivity index (χ1n) is 3.75. The van der Waals surface area contributed by atoms with E-state index >= 15 is 0 Å². The Bertz CT molecular complexity index is 327. The molecular formula is C9H9BrINO. The molecule has 1 aromatic rings. The van der Waals surface area contributed by atoms with Gasteiger partial charge in [-0.05, 0) is 30.7 Å². The van der Waals surface area contributed by atoms with Gasteiger partial charge in [0.2, 0.25) is 5.91 Å². The van der Waals surface area contributed by atoms with E-state index in [1.165, 1.54) is 0 Å². The van der Waals surface area contributed by atoms with E-state index in [0.717, 1.165) is 15.7 Å². The monoisotopic (exact) mass is 353 g/mol. The average Bonchev–Trinajstić information content (AvgIpc) is 2.11. The maximum Gasteiger partial charge on any atom is 0.234 e. The van der Waals surface area contributed by atoms with E-state index in [4.69, 9.17) is 0 Å². The lowest BCUT2D eigenvalue weighted by Crippen LogP contribution is -2.12. The van der Waals surface area contributed by atoms with Crippen LogP contribution in [0.5, 0.6) is 0 Å². The van der Waals surface area contributed by atoms with E-state index in [-0.39, 0.29) is 5.91 Å². The molecule has 4 heteroatoms. The number of anilines is 1. The van der Waals surface area contributed by atoms with E-state index in [2.05, 4.69) is 21.2 Å². The SMILES string of the molecule is Cc1cc(NC(=O)CI)ccc1Br. The molecule has 0 unspecified atom stereocenters. The van der Waals surface area contributed by atoms with Crippen molar-refractivity contribution < 1.29 is 4.79 Å². The number of hydrogen-bond acceptors (Lipinski definition) is 1. The number of nitrogens with one attached hydrogen (secondary N) is 1. The van der Waals surface area contributed by atoms with Gasteiger partial charge in [-0.3, -0.25) is 4.79 Å². The third kappa shape index (κ3) is 3.27. The van der Waals surface area contributed by atoms with Gasteiger partial charge in [-0.1, -0.05) is 38.5 Å². The van der Waals surface area contributed by atoms with Crippen molar-refractivity contribution in [2.45, 2.75) is 6.92 Å². The van der Waals surface area contributed by atoms with Gasteiger partial charge in [0.05, 0.1) is 4.43 Å². The van der Waals surface area contributed by atoms with Gasteiger partial charge in [0.15, 0.2) is 0 Å². The first kappa shape index (κ1) is 11.0.